The van der Waals surface area contributed by atoms with Gasteiger partial charge in [0.15, 0.2) is 0 Å². The number of carboxylic acids is 1. The molecule has 2 rings (SSSR count). The van der Waals surface area contributed by atoms with Gasteiger partial charge in [-0.15, -0.1) is 0 Å². The number of rotatable bonds is 3. The molecule has 0 heterocycles. The van der Waals surface area contributed by atoms with Crippen LogP contribution in [0, 0.1) is 11.3 Å². The van der Waals surface area contributed by atoms with E-state index in [4.69, 9.17) is 0 Å². The summed E-state index contributed by atoms with van der Waals surface area (Å²) < 4.78 is 1.03. The van der Waals surface area contributed by atoms with Gasteiger partial charge in [0.25, 0.3) is 0 Å². The molecule has 0 radical (unpaired) electrons. The Balaban J connectivity index is 2.20. The maximum absolute atomic E-state index is 11.7. The van der Waals surface area contributed by atoms with Crippen LogP contribution in [0.15, 0.2) is 28.7 Å². The molecule has 0 aromatic heterocycles. The summed E-state index contributed by atoms with van der Waals surface area (Å²) in [5, 5.41) is 9.61. The van der Waals surface area contributed by atoms with Crippen LogP contribution in [0.4, 0.5) is 0 Å². The van der Waals surface area contributed by atoms with Gasteiger partial charge in [-0.25, -0.2) is 0 Å². The topological polar surface area (TPSA) is 37.3 Å². The van der Waals surface area contributed by atoms with E-state index in [1.807, 2.05) is 24.3 Å². The second kappa shape index (κ2) is 5.43. The molecule has 1 saturated carbocycles. The summed E-state index contributed by atoms with van der Waals surface area (Å²) in [6, 6.07) is 8.01. The number of aliphatic carboxylic acids is 1. The largest absolute Gasteiger partial charge is 0.481 e. The Labute approximate surface area is 117 Å². The fraction of sp³-hybridized carbons (Fsp3) is 0.533. The van der Waals surface area contributed by atoms with Crippen LogP contribution in [0.1, 0.15) is 38.2 Å². The zero-order valence-electron chi connectivity index (χ0n) is 10.7. The third-order valence-corrected chi connectivity index (χ3v) is 4.53. The minimum Gasteiger partial charge on any atom is -0.481 e. The van der Waals surface area contributed by atoms with Gasteiger partial charge < -0.3 is 5.11 Å². The number of hydrogen-bond donors (Lipinski definition) is 1. The molecule has 1 fully saturated rings. The van der Waals surface area contributed by atoms with Crippen LogP contribution in [-0.2, 0) is 11.2 Å². The molecule has 98 valence electrons. The van der Waals surface area contributed by atoms with Crippen LogP contribution >= 0.6 is 15.9 Å². The quantitative estimate of drug-likeness (QED) is 0.905. The van der Waals surface area contributed by atoms with E-state index in [9.17, 15) is 9.90 Å². The van der Waals surface area contributed by atoms with Crippen molar-refractivity contribution in [3.8, 4) is 0 Å². The summed E-state index contributed by atoms with van der Waals surface area (Å²) in [5.74, 6) is -0.109. The maximum atomic E-state index is 11.7. The first-order valence-corrected chi connectivity index (χ1v) is 7.29. The van der Waals surface area contributed by atoms with Crippen LogP contribution in [-0.4, -0.2) is 11.1 Å². The first kappa shape index (κ1) is 13.6. The molecule has 1 N–H and O–H groups in total. The zero-order valence-corrected chi connectivity index (χ0v) is 12.2. The molecule has 18 heavy (non-hydrogen) atoms. The van der Waals surface area contributed by atoms with Gasteiger partial charge in [0.1, 0.15) is 0 Å². The minimum absolute atomic E-state index is 0.519. The summed E-state index contributed by atoms with van der Waals surface area (Å²) in [7, 11) is 0. The normalized spacial score (nSPS) is 28.0. The third-order valence-electron chi connectivity index (χ3n) is 4.00. The maximum Gasteiger partial charge on any atom is 0.309 e. The van der Waals surface area contributed by atoms with Crippen molar-refractivity contribution in [2.45, 2.75) is 39.0 Å². The lowest BCUT2D eigenvalue weighted by Crippen LogP contribution is -2.37. The molecule has 0 aliphatic heterocycles. The summed E-state index contributed by atoms with van der Waals surface area (Å²) in [6.07, 6.45) is 4.46. The highest BCUT2D eigenvalue weighted by atomic mass is 79.9. The molecule has 1 aromatic rings. The van der Waals surface area contributed by atoms with Crippen molar-refractivity contribution in [1.29, 1.82) is 0 Å². The Bertz CT molecular complexity index is 427. The molecule has 0 bridgehead atoms. The Kier molecular flexibility index (Phi) is 4.10. The van der Waals surface area contributed by atoms with Gasteiger partial charge in [-0.1, -0.05) is 47.8 Å². The lowest BCUT2D eigenvalue weighted by atomic mass is 9.67. The second-order valence-electron chi connectivity index (χ2n) is 5.59. The molecule has 0 spiro atoms. The zero-order chi connectivity index (χ0) is 13.2. The number of halogens is 1. The molecule has 2 nitrogen and oxygen atoms in total. The van der Waals surface area contributed by atoms with Crippen molar-refractivity contribution in [3.05, 3.63) is 34.3 Å². The van der Waals surface area contributed by atoms with Gasteiger partial charge in [0, 0.05) is 4.47 Å². The standard InChI is InChI=1S/C15H19BrO2/c1-11-3-2-8-15(9-11,14(17)18)10-12-4-6-13(16)7-5-12/h4-7,11H,2-3,8-10H2,1H3,(H,17,18). The van der Waals surface area contributed by atoms with Crippen molar-refractivity contribution >= 4 is 21.9 Å². The molecule has 1 aliphatic carbocycles. The van der Waals surface area contributed by atoms with Crippen molar-refractivity contribution in [1.82, 2.24) is 0 Å². The van der Waals surface area contributed by atoms with Gasteiger partial charge in [-0.2, -0.15) is 0 Å². The molecule has 1 aromatic carbocycles. The lowest BCUT2D eigenvalue weighted by molar-refractivity contribution is -0.152. The fourth-order valence-corrected chi connectivity index (χ4v) is 3.35. The van der Waals surface area contributed by atoms with Crippen LogP contribution in [0.5, 0.6) is 0 Å². The highest BCUT2D eigenvalue weighted by molar-refractivity contribution is 9.10. The van der Waals surface area contributed by atoms with Crippen molar-refractivity contribution < 1.29 is 9.90 Å². The van der Waals surface area contributed by atoms with Crippen LogP contribution in [0.3, 0.4) is 0 Å². The average molecular weight is 311 g/mol. The van der Waals surface area contributed by atoms with E-state index in [1.165, 1.54) is 0 Å². The molecule has 1 aliphatic rings. The summed E-state index contributed by atoms with van der Waals surface area (Å²) >= 11 is 3.41. The summed E-state index contributed by atoms with van der Waals surface area (Å²) in [4.78, 5) is 11.7. The Morgan fingerprint density at radius 2 is 2.11 bits per heavy atom. The predicted octanol–water partition coefficient (Wildman–Crippen LogP) is 4.27. The molecule has 2 atom stereocenters. The molecule has 0 amide bonds. The van der Waals surface area contributed by atoms with E-state index < -0.39 is 11.4 Å². The SMILES string of the molecule is CC1CCCC(Cc2ccc(Br)cc2)(C(=O)O)C1. The Morgan fingerprint density at radius 3 is 2.67 bits per heavy atom. The van der Waals surface area contributed by atoms with E-state index in [1.54, 1.807) is 0 Å². The Hall–Kier alpha value is -0.830. The predicted molar refractivity (Wildman–Crippen MR) is 75.5 cm³/mol. The van der Waals surface area contributed by atoms with Crippen molar-refractivity contribution in [3.63, 3.8) is 0 Å². The van der Waals surface area contributed by atoms with Gasteiger partial charge in [-0.3, -0.25) is 4.79 Å². The van der Waals surface area contributed by atoms with Crippen molar-refractivity contribution in [2.75, 3.05) is 0 Å². The van der Waals surface area contributed by atoms with E-state index in [0.29, 0.717) is 12.3 Å². The summed E-state index contributed by atoms with van der Waals surface area (Å²) in [5.41, 5.74) is 0.570. The number of carbonyl (C=O) groups is 1. The highest BCUT2D eigenvalue weighted by Gasteiger charge is 2.41. The highest BCUT2D eigenvalue weighted by Crippen LogP contribution is 2.42. The van der Waals surface area contributed by atoms with E-state index in [-0.39, 0.29) is 0 Å². The molecule has 2 unspecified atom stereocenters. The van der Waals surface area contributed by atoms with Gasteiger partial charge in [-0.05, 0) is 42.9 Å². The van der Waals surface area contributed by atoms with Crippen LogP contribution in [0.2, 0.25) is 0 Å². The van der Waals surface area contributed by atoms with E-state index >= 15 is 0 Å². The number of hydrogen-bond acceptors (Lipinski definition) is 1. The van der Waals surface area contributed by atoms with Crippen LogP contribution < -0.4 is 0 Å². The minimum atomic E-state index is -0.628. The first-order valence-electron chi connectivity index (χ1n) is 6.50. The summed E-state index contributed by atoms with van der Waals surface area (Å²) in [6.45, 7) is 2.17. The van der Waals surface area contributed by atoms with Crippen LogP contribution in [0.25, 0.3) is 0 Å². The number of benzene rings is 1. The molecule has 0 saturated heterocycles. The molecule has 3 heteroatoms. The average Bonchev–Trinajstić information content (AvgIpc) is 2.32. The first-order chi connectivity index (χ1) is 8.52. The van der Waals surface area contributed by atoms with Gasteiger partial charge in [0.2, 0.25) is 0 Å². The fourth-order valence-electron chi connectivity index (χ4n) is 3.08. The third kappa shape index (κ3) is 2.94. The van der Waals surface area contributed by atoms with E-state index in [0.717, 1.165) is 35.7 Å². The van der Waals surface area contributed by atoms with Gasteiger partial charge >= 0.3 is 5.97 Å². The molecular weight excluding hydrogens is 292 g/mol. The van der Waals surface area contributed by atoms with Gasteiger partial charge in [0.05, 0.1) is 5.41 Å². The van der Waals surface area contributed by atoms with E-state index in [2.05, 4.69) is 22.9 Å². The molecular formula is C15H19BrO2. The smallest absolute Gasteiger partial charge is 0.309 e. The Morgan fingerprint density at radius 1 is 1.44 bits per heavy atom. The number of carboxylic acid groups (broad SMARTS) is 1. The van der Waals surface area contributed by atoms with Crippen molar-refractivity contribution in [2.24, 2.45) is 11.3 Å². The second-order valence-corrected chi connectivity index (χ2v) is 6.51. The monoisotopic (exact) mass is 310 g/mol. The lowest BCUT2D eigenvalue weighted by Gasteiger charge is -2.36.